The molecule has 0 aliphatic rings. The maximum absolute atomic E-state index is 11.3. The number of benzene rings is 1. The Hall–Kier alpha value is -1.14. The third kappa shape index (κ3) is 5.63. The number of aromatic nitrogens is 3. The van der Waals surface area contributed by atoms with Gasteiger partial charge in [0.2, 0.25) is 11.9 Å². The molecule has 1 aromatic carbocycles. The second kappa shape index (κ2) is 9.00. The van der Waals surface area contributed by atoms with Gasteiger partial charge >= 0.3 is 35.2 Å². The Balaban J connectivity index is 0.00000220. The molecule has 0 saturated carbocycles. The van der Waals surface area contributed by atoms with Gasteiger partial charge in [0.15, 0.2) is 0 Å². The number of aromatic amines is 1. The van der Waals surface area contributed by atoms with Crippen LogP contribution in [-0.2, 0) is 9.37 Å². The molecule has 0 atom stereocenters. The van der Waals surface area contributed by atoms with Crippen molar-refractivity contribution in [2.45, 2.75) is 4.90 Å². The Morgan fingerprint density at radius 2 is 2.00 bits per heavy atom. The number of nitrogens with zero attached hydrogens (tertiary/aromatic N) is 2. The minimum atomic E-state index is -0.514. The zero-order chi connectivity index (χ0) is 14.4. The molecule has 0 fully saturated rings. The zero-order valence-corrected chi connectivity index (χ0v) is 14.1. The minimum absolute atomic E-state index is 0. The number of nitrogens with one attached hydrogen (secondary N) is 3. The summed E-state index contributed by atoms with van der Waals surface area (Å²) >= 11 is 0.788. The largest absolute Gasteiger partial charge is 1.00 e. The number of anilines is 3. The van der Waals surface area contributed by atoms with Crippen LogP contribution < -0.4 is 51.1 Å². The first-order valence-corrected chi connectivity index (χ1v) is 6.12. The van der Waals surface area contributed by atoms with E-state index in [1.807, 2.05) is 0 Å². The van der Waals surface area contributed by atoms with Crippen LogP contribution in [0.15, 0.2) is 34.0 Å². The van der Waals surface area contributed by atoms with E-state index in [1.54, 1.807) is 31.3 Å². The number of H-pyrrole nitrogens is 1. The molecule has 1 heterocycles. The van der Waals surface area contributed by atoms with E-state index in [0.29, 0.717) is 10.6 Å². The molecule has 106 valence electrons. The first-order chi connectivity index (χ1) is 9.71. The summed E-state index contributed by atoms with van der Waals surface area (Å²) in [4.78, 5) is 22.1. The van der Waals surface area contributed by atoms with Crippen molar-refractivity contribution in [3.63, 3.8) is 0 Å². The van der Waals surface area contributed by atoms with E-state index < -0.39 is 5.69 Å². The van der Waals surface area contributed by atoms with Crippen LogP contribution in [0.25, 0.3) is 0 Å². The summed E-state index contributed by atoms with van der Waals surface area (Å²) in [5.41, 5.74) is 0.175. The molecule has 21 heavy (non-hydrogen) atoms. The Labute approximate surface area is 145 Å². The molecule has 0 amide bonds. The van der Waals surface area contributed by atoms with Gasteiger partial charge in [-0.25, -0.2) is 4.79 Å². The predicted octanol–water partition coefficient (Wildman–Crippen LogP) is -2.82. The number of hydrogen-bond acceptors (Lipinski definition) is 9. The summed E-state index contributed by atoms with van der Waals surface area (Å²) in [6.45, 7) is 0. The molecule has 0 bridgehead atoms. The van der Waals surface area contributed by atoms with E-state index in [-0.39, 0.29) is 41.5 Å². The van der Waals surface area contributed by atoms with E-state index in [4.69, 9.17) is 0 Å². The first-order valence-electron chi connectivity index (χ1n) is 5.37. The van der Waals surface area contributed by atoms with Gasteiger partial charge in [-0.15, -0.1) is 0 Å². The third-order valence-corrected chi connectivity index (χ3v) is 2.74. The van der Waals surface area contributed by atoms with E-state index in [2.05, 4.69) is 35.0 Å². The molecule has 3 N–H and O–H groups in total. The van der Waals surface area contributed by atoms with Crippen LogP contribution in [0.1, 0.15) is 0 Å². The normalized spacial score (nSPS) is 9.81. The molecule has 1 aromatic heterocycles. The fraction of sp³-hybridized carbons (Fsp3) is 0.100. The summed E-state index contributed by atoms with van der Waals surface area (Å²) in [7, 11) is 1.61. The van der Waals surface area contributed by atoms with Crippen molar-refractivity contribution in [1.29, 1.82) is 0 Å². The summed E-state index contributed by atoms with van der Waals surface area (Å²) in [6, 6.07) is 6.83. The molecule has 2 aromatic rings. The molecular weight excluding hydrogens is 309 g/mol. The molecule has 0 radical (unpaired) electrons. The van der Waals surface area contributed by atoms with E-state index in [0.717, 1.165) is 12.0 Å². The average molecular weight is 319 g/mol. The standard InChI is InChI=1S/C10H11N5O4S.Na/c1-11-8-13-9(15-10(16)14-8)12-6-2-4-7(5-3-6)20-19-18-17;/h2-5,17H,1H3,(H3,11,12,13,14,15,16);/q;+1/p-1. The van der Waals surface area contributed by atoms with Gasteiger partial charge in [0, 0.05) is 17.6 Å². The van der Waals surface area contributed by atoms with Crippen molar-refractivity contribution in [2.75, 3.05) is 17.7 Å². The SMILES string of the molecule is CNc1nc(Nc2ccc(SOO[O-])cc2)[nH]c(=O)n1.[Na+]. The first kappa shape index (κ1) is 17.9. The van der Waals surface area contributed by atoms with Crippen LogP contribution in [-0.4, -0.2) is 22.0 Å². The third-order valence-electron chi connectivity index (χ3n) is 2.15. The molecule has 9 nitrogen and oxygen atoms in total. The van der Waals surface area contributed by atoms with Crippen molar-refractivity contribution in [3.05, 3.63) is 34.7 Å². The molecule has 0 aliphatic heterocycles. The van der Waals surface area contributed by atoms with Gasteiger partial charge in [0.05, 0.1) is 12.0 Å². The van der Waals surface area contributed by atoms with Crippen molar-refractivity contribution < 1.29 is 44.2 Å². The number of hydrogen-bond donors (Lipinski definition) is 3. The summed E-state index contributed by atoms with van der Waals surface area (Å²) in [5.74, 6) is 0.471. The molecule has 0 aliphatic carbocycles. The quantitative estimate of drug-likeness (QED) is 0.224. The van der Waals surface area contributed by atoms with Crippen LogP contribution in [0.4, 0.5) is 17.6 Å². The van der Waals surface area contributed by atoms with Crippen LogP contribution in [0.5, 0.6) is 0 Å². The Morgan fingerprint density at radius 1 is 1.29 bits per heavy atom. The predicted molar refractivity (Wildman–Crippen MR) is 70.0 cm³/mol. The van der Waals surface area contributed by atoms with Gasteiger partial charge in [-0.2, -0.15) is 14.3 Å². The summed E-state index contributed by atoms with van der Waals surface area (Å²) in [5, 5.41) is 18.5. The zero-order valence-electron chi connectivity index (χ0n) is 11.2. The maximum atomic E-state index is 11.3. The summed E-state index contributed by atoms with van der Waals surface area (Å²) < 4.78 is 4.19. The monoisotopic (exact) mass is 319 g/mol. The maximum Gasteiger partial charge on any atom is 1.00 e. The van der Waals surface area contributed by atoms with Gasteiger partial charge in [-0.3, -0.25) is 10.0 Å². The Kier molecular flexibility index (Phi) is 7.67. The molecule has 0 unspecified atom stereocenters. The van der Waals surface area contributed by atoms with Crippen molar-refractivity contribution >= 4 is 29.6 Å². The Bertz CT molecular complexity index is 624. The van der Waals surface area contributed by atoms with Gasteiger partial charge in [-0.05, 0) is 24.3 Å². The molecule has 0 spiro atoms. The molecule has 2 rings (SSSR count). The van der Waals surface area contributed by atoms with Crippen LogP contribution in [0.3, 0.4) is 0 Å². The fourth-order valence-electron chi connectivity index (χ4n) is 1.34. The van der Waals surface area contributed by atoms with E-state index in [1.165, 1.54) is 0 Å². The van der Waals surface area contributed by atoms with E-state index in [9.17, 15) is 10.1 Å². The number of rotatable bonds is 6. The second-order valence-electron chi connectivity index (χ2n) is 3.44. The average Bonchev–Trinajstić information content (AvgIpc) is 2.46. The van der Waals surface area contributed by atoms with E-state index >= 15 is 0 Å². The minimum Gasteiger partial charge on any atom is -0.691 e. The fourth-order valence-corrected chi connectivity index (χ4v) is 1.69. The van der Waals surface area contributed by atoms with Crippen molar-refractivity contribution in [2.24, 2.45) is 0 Å². The topological polar surface area (TPSA) is 124 Å². The Morgan fingerprint density at radius 3 is 2.62 bits per heavy atom. The van der Waals surface area contributed by atoms with Gasteiger partial charge in [-0.1, -0.05) is 0 Å². The molecule has 0 saturated heterocycles. The smallest absolute Gasteiger partial charge is 0.691 e. The molecular formula is C10H10N5NaO4S. The van der Waals surface area contributed by atoms with Crippen LogP contribution >= 0.6 is 12.0 Å². The van der Waals surface area contributed by atoms with Crippen molar-refractivity contribution in [3.8, 4) is 0 Å². The van der Waals surface area contributed by atoms with Gasteiger partial charge < -0.3 is 15.9 Å². The van der Waals surface area contributed by atoms with Gasteiger partial charge in [0.1, 0.15) is 0 Å². The van der Waals surface area contributed by atoms with Crippen molar-refractivity contribution in [1.82, 2.24) is 15.0 Å². The summed E-state index contributed by atoms with van der Waals surface area (Å²) in [6.07, 6.45) is 0. The van der Waals surface area contributed by atoms with Gasteiger partial charge in [0.25, 0.3) is 0 Å². The second-order valence-corrected chi connectivity index (χ2v) is 4.22. The van der Waals surface area contributed by atoms with Crippen LogP contribution in [0, 0.1) is 0 Å². The van der Waals surface area contributed by atoms with Crippen LogP contribution in [0.2, 0.25) is 0 Å². The molecule has 11 heteroatoms.